The van der Waals surface area contributed by atoms with Gasteiger partial charge in [0.2, 0.25) is 0 Å². The molecule has 0 spiro atoms. The Kier molecular flexibility index (Phi) is 4.34. The topological polar surface area (TPSA) is 78.8 Å². The summed E-state index contributed by atoms with van der Waals surface area (Å²) in [7, 11) is 1.67. The molecule has 1 aromatic carbocycles. The van der Waals surface area contributed by atoms with Crippen molar-refractivity contribution in [3.05, 3.63) is 23.2 Å². The van der Waals surface area contributed by atoms with Crippen molar-refractivity contribution < 1.29 is 4.74 Å². The Balaban J connectivity index is 2.33. The minimum atomic E-state index is 0.125. The molecule has 1 aromatic heterocycles. The highest BCUT2D eigenvalue weighted by molar-refractivity contribution is 6.31. The molecule has 1 atom stereocenters. The van der Waals surface area contributed by atoms with Gasteiger partial charge in [-0.3, -0.25) is 0 Å². The number of methoxy groups -OCH3 is 1. The van der Waals surface area contributed by atoms with Crippen molar-refractivity contribution in [2.24, 2.45) is 0 Å². The smallest absolute Gasteiger partial charge is 0.184 e. The van der Waals surface area contributed by atoms with Crippen LogP contribution >= 0.6 is 11.6 Å². The van der Waals surface area contributed by atoms with Crippen LogP contribution in [0.3, 0.4) is 0 Å². The van der Waals surface area contributed by atoms with Crippen molar-refractivity contribution in [1.82, 2.24) is 20.2 Å². The number of aromatic nitrogens is 4. The zero-order valence-corrected chi connectivity index (χ0v) is 11.6. The molecule has 7 heteroatoms. The number of nitrogens with zero attached hydrogens (tertiary/aromatic N) is 4. The Morgan fingerprint density at radius 1 is 1.47 bits per heavy atom. The summed E-state index contributed by atoms with van der Waals surface area (Å²) in [6.45, 7) is 2.68. The van der Waals surface area contributed by atoms with Crippen molar-refractivity contribution in [1.29, 1.82) is 0 Å². The van der Waals surface area contributed by atoms with Crippen LogP contribution in [0.1, 0.15) is 19.4 Å². The molecule has 0 saturated heterocycles. The second-order valence-corrected chi connectivity index (χ2v) is 4.75. The molecule has 1 unspecified atom stereocenters. The van der Waals surface area contributed by atoms with Crippen molar-refractivity contribution in [2.75, 3.05) is 19.5 Å². The van der Waals surface area contributed by atoms with Crippen LogP contribution in [0.2, 0.25) is 5.02 Å². The molecule has 0 aliphatic heterocycles. The van der Waals surface area contributed by atoms with E-state index in [1.807, 2.05) is 13.0 Å². The summed E-state index contributed by atoms with van der Waals surface area (Å²) >= 11 is 5.89. The largest absolute Gasteiger partial charge is 0.398 e. The van der Waals surface area contributed by atoms with Gasteiger partial charge >= 0.3 is 0 Å². The van der Waals surface area contributed by atoms with Crippen LogP contribution < -0.4 is 5.73 Å². The maximum atomic E-state index is 5.96. The number of anilines is 1. The normalized spacial score (nSPS) is 12.6. The van der Waals surface area contributed by atoms with E-state index in [0.29, 0.717) is 23.1 Å². The molecular weight excluding hydrogens is 266 g/mol. The highest BCUT2D eigenvalue weighted by Gasteiger charge is 2.16. The molecule has 0 radical (unpaired) electrons. The Hall–Kier alpha value is -1.66. The van der Waals surface area contributed by atoms with E-state index < -0.39 is 0 Å². The van der Waals surface area contributed by atoms with Gasteiger partial charge in [0.1, 0.15) is 0 Å². The summed E-state index contributed by atoms with van der Waals surface area (Å²) in [6, 6.07) is 5.41. The van der Waals surface area contributed by atoms with Gasteiger partial charge in [-0.25, -0.2) is 4.68 Å². The minimum Gasteiger partial charge on any atom is -0.398 e. The van der Waals surface area contributed by atoms with Gasteiger partial charge < -0.3 is 10.5 Å². The lowest BCUT2D eigenvalue weighted by Gasteiger charge is -2.13. The lowest BCUT2D eigenvalue weighted by molar-refractivity contribution is 0.178. The Morgan fingerprint density at radius 2 is 2.26 bits per heavy atom. The number of ether oxygens (including phenoxy) is 1. The molecule has 0 aliphatic carbocycles. The van der Waals surface area contributed by atoms with Gasteiger partial charge in [-0.15, -0.1) is 5.10 Å². The molecule has 0 bridgehead atoms. The summed E-state index contributed by atoms with van der Waals surface area (Å²) < 4.78 is 6.82. The van der Waals surface area contributed by atoms with Crippen molar-refractivity contribution in [3.8, 4) is 11.4 Å². The first-order chi connectivity index (χ1) is 9.13. The average molecular weight is 282 g/mol. The Labute approximate surface area is 116 Å². The van der Waals surface area contributed by atoms with Crippen LogP contribution in [-0.4, -0.2) is 33.9 Å². The molecular formula is C12H16ClN5O. The second-order valence-electron chi connectivity index (χ2n) is 4.31. The van der Waals surface area contributed by atoms with Gasteiger partial charge in [-0.1, -0.05) is 11.6 Å². The Bertz CT molecular complexity index is 557. The van der Waals surface area contributed by atoms with Gasteiger partial charge in [0, 0.05) is 30.0 Å². The zero-order valence-electron chi connectivity index (χ0n) is 10.9. The third-order valence-electron chi connectivity index (χ3n) is 2.90. The van der Waals surface area contributed by atoms with Gasteiger partial charge in [0.15, 0.2) is 5.82 Å². The van der Waals surface area contributed by atoms with Crippen LogP contribution in [0, 0.1) is 0 Å². The number of tetrazole rings is 1. The molecule has 2 aromatic rings. The van der Waals surface area contributed by atoms with E-state index in [0.717, 1.165) is 12.0 Å². The second kappa shape index (κ2) is 5.99. The summed E-state index contributed by atoms with van der Waals surface area (Å²) in [5.74, 6) is 0.637. The van der Waals surface area contributed by atoms with E-state index in [2.05, 4.69) is 15.5 Å². The van der Waals surface area contributed by atoms with Crippen LogP contribution in [0.25, 0.3) is 11.4 Å². The van der Waals surface area contributed by atoms with Gasteiger partial charge in [-0.05, 0) is 42.0 Å². The summed E-state index contributed by atoms with van der Waals surface area (Å²) in [5.41, 5.74) is 7.30. The monoisotopic (exact) mass is 281 g/mol. The fourth-order valence-electron chi connectivity index (χ4n) is 1.82. The molecule has 6 nitrogen and oxygen atoms in total. The molecule has 2 N–H and O–H groups in total. The SMILES string of the molecule is COCCC(C)n1nnnc1-c1ccc(Cl)cc1N. The summed E-state index contributed by atoms with van der Waals surface area (Å²) in [4.78, 5) is 0. The number of nitrogens with two attached hydrogens (primary N) is 1. The average Bonchev–Trinajstić information content (AvgIpc) is 2.85. The van der Waals surface area contributed by atoms with Crippen molar-refractivity contribution in [3.63, 3.8) is 0 Å². The molecule has 0 saturated carbocycles. The van der Waals surface area contributed by atoms with Gasteiger partial charge in [0.05, 0.1) is 6.04 Å². The van der Waals surface area contributed by atoms with E-state index in [-0.39, 0.29) is 6.04 Å². The maximum absolute atomic E-state index is 5.96. The number of hydrogen-bond acceptors (Lipinski definition) is 5. The van der Waals surface area contributed by atoms with Crippen LogP contribution in [-0.2, 0) is 4.74 Å². The standard InChI is InChI=1S/C12H16ClN5O/c1-8(5-6-19-2)18-12(15-16-17-18)10-4-3-9(13)7-11(10)14/h3-4,7-8H,5-6,14H2,1-2H3. The van der Waals surface area contributed by atoms with E-state index >= 15 is 0 Å². The summed E-state index contributed by atoms with van der Waals surface area (Å²) in [6.07, 6.45) is 0.821. The highest BCUT2D eigenvalue weighted by atomic mass is 35.5. The number of halogens is 1. The zero-order chi connectivity index (χ0) is 13.8. The first-order valence-corrected chi connectivity index (χ1v) is 6.33. The number of rotatable bonds is 5. The van der Waals surface area contributed by atoms with E-state index in [9.17, 15) is 0 Å². The highest BCUT2D eigenvalue weighted by Crippen LogP contribution is 2.28. The van der Waals surface area contributed by atoms with E-state index in [4.69, 9.17) is 22.1 Å². The number of hydrogen-bond donors (Lipinski definition) is 1. The minimum absolute atomic E-state index is 0.125. The third-order valence-corrected chi connectivity index (χ3v) is 3.14. The maximum Gasteiger partial charge on any atom is 0.184 e. The molecule has 102 valence electrons. The lowest BCUT2D eigenvalue weighted by atomic mass is 10.1. The van der Waals surface area contributed by atoms with Gasteiger partial charge in [0.25, 0.3) is 0 Å². The molecule has 19 heavy (non-hydrogen) atoms. The van der Waals surface area contributed by atoms with Crippen molar-refractivity contribution in [2.45, 2.75) is 19.4 Å². The number of nitrogen functional groups attached to an aromatic ring is 1. The number of benzene rings is 1. The first-order valence-electron chi connectivity index (χ1n) is 5.95. The fraction of sp³-hybridized carbons (Fsp3) is 0.417. The quantitative estimate of drug-likeness (QED) is 0.850. The third kappa shape index (κ3) is 3.02. The first kappa shape index (κ1) is 13.8. The van der Waals surface area contributed by atoms with Crippen molar-refractivity contribution >= 4 is 17.3 Å². The fourth-order valence-corrected chi connectivity index (χ4v) is 2.00. The molecule has 1 heterocycles. The Morgan fingerprint density at radius 3 is 2.95 bits per heavy atom. The molecule has 2 rings (SSSR count). The van der Waals surface area contributed by atoms with Crippen LogP contribution in [0.5, 0.6) is 0 Å². The predicted molar refractivity (Wildman–Crippen MR) is 73.9 cm³/mol. The van der Waals surface area contributed by atoms with E-state index in [1.165, 1.54) is 0 Å². The lowest BCUT2D eigenvalue weighted by Crippen LogP contribution is -2.11. The molecule has 0 fully saturated rings. The summed E-state index contributed by atoms with van der Waals surface area (Å²) in [5, 5.41) is 12.4. The van der Waals surface area contributed by atoms with Crippen LogP contribution in [0.4, 0.5) is 5.69 Å². The van der Waals surface area contributed by atoms with Crippen LogP contribution in [0.15, 0.2) is 18.2 Å². The molecule has 0 aliphatic rings. The molecule has 0 amide bonds. The predicted octanol–water partition coefficient (Wildman–Crippen LogP) is 2.17. The van der Waals surface area contributed by atoms with Gasteiger partial charge in [-0.2, -0.15) is 0 Å². The van der Waals surface area contributed by atoms with E-state index in [1.54, 1.807) is 23.9 Å².